The zero-order chi connectivity index (χ0) is 11.7. The molecule has 2 aromatic rings. The molecule has 0 aliphatic rings. The third kappa shape index (κ3) is 1.83. The normalized spacial score (nSPS) is 10.1. The van der Waals surface area contributed by atoms with Gasteiger partial charge in [-0.15, -0.1) is 0 Å². The monoisotopic (exact) mass is 256 g/mol. The number of hydrogen-bond acceptors (Lipinski definition) is 5. The molecular weight excluding hydrogens is 250 g/mol. The van der Waals surface area contributed by atoms with E-state index in [0.717, 1.165) is 11.3 Å². The summed E-state index contributed by atoms with van der Waals surface area (Å²) in [5.74, 6) is 2.06. The summed E-state index contributed by atoms with van der Waals surface area (Å²) in [6, 6.07) is 1.47. The summed E-state index contributed by atoms with van der Waals surface area (Å²) in [6.07, 6.45) is 0. The molecule has 0 atom stereocenters. The number of thiazole rings is 1. The number of nitrogens with two attached hydrogens (primary N) is 1. The van der Waals surface area contributed by atoms with Crippen LogP contribution in [0.25, 0.3) is 10.2 Å². The molecule has 82 valence electrons. The van der Waals surface area contributed by atoms with E-state index in [2.05, 4.69) is 10.8 Å². The summed E-state index contributed by atoms with van der Waals surface area (Å²) in [6.45, 7) is 1.60. The van der Waals surface area contributed by atoms with Crippen LogP contribution in [0.3, 0.4) is 0 Å². The molecule has 1 heterocycles. The first-order chi connectivity index (χ1) is 7.63. The number of hydrogen-bond donors (Lipinski definition) is 1. The number of ether oxygens (including phenoxy) is 1. The Morgan fingerprint density at radius 2 is 2.44 bits per heavy atom. The van der Waals surface area contributed by atoms with E-state index in [-0.39, 0.29) is 18.9 Å². The number of fused-ring (bicyclic) bond motifs is 1. The first-order valence-electron chi connectivity index (χ1n) is 4.22. The van der Waals surface area contributed by atoms with Crippen LogP contribution in [0.5, 0.6) is 5.75 Å². The number of halogens is 1. The fourth-order valence-electron chi connectivity index (χ4n) is 1.31. The Morgan fingerprint density at radius 3 is 3.12 bits per heavy atom. The number of rotatable bonds is 1. The molecule has 0 spiro atoms. The maximum absolute atomic E-state index is 13.7. The van der Waals surface area contributed by atoms with Crippen molar-refractivity contribution >= 4 is 34.6 Å². The van der Waals surface area contributed by atoms with Crippen LogP contribution in [0.4, 0.5) is 9.52 Å². The Morgan fingerprint density at radius 1 is 1.69 bits per heavy atom. The molecular formula is C9H6FN2O2PS. The zero-order valence-electron chi connectivity index (χ0n) is 8.15. The van der Waals surface area contributed by atoms with Crippen molar-refractivity contribution in [2.45, 2.75) is 6.92 Å². The van der Waals surface area contributed by atoms with Gasteiger partial charge in [0.2, 0.25) is 0 Å². The van der Waals surface area contributed by atoms with E-state index in [1.54, 1.807) is 6.92 Å². The zero-order valence-corrected chi connectivity index (χ0v) is 9.86. The van der Waals surface area contributed by atoms with Crippen molar-refractivity contribution in [2.24, 2.45) is 0 Å². The fraction of sp³-hybridized carbons (Fsp3) is 0.111. The van der Waals surface area contributed by atoms with Crippen molar-refractivity contribution in [3.8, 4) is 11.6 Å². The number of benzene rings is 1. The molecule has 0 fully saturated rings. The van der Waals surface area contributed by atoms with E-state index in [4.69, 9.17) is 10.5 Å². The second kappa shape index (κ2) is 4.26. The van der Waals surface area contributed by atoms with Gasteiger partial charge in [-0.3, -0.25) is 0 Å². The van der Waals surface area contributed by atoms with Crippen LogP contribution in [-0.4, -0.2) is 4.98 Å². The summed E-state index contributed by atoms with van der Waals surface area (Å²) in [5.41, 5.74) is 6.24. The predicted molar refractivity (Wildman–Crippen MR) is 60.8 cm³/mol. The molecule has 0 saturated carbocycles. The van der Waals surface area contributed by atoms with E-state index in [1.165, 1.54) is 6.07 Å². The summed E-state index contributed by atoms with van der Waals surface area (Å²) < 4.78 is 29.2. The Kier molecular flexibility index (Phi) is 2.97. The Bertz CT molecular complexity index is 665. The van der Waals surface area contributed by atoms with Crippen LogP contribution >= 0.6 is 19.3 Å². The molecule has 0 saturated heterocycles. The number of aryl methyl sites for hydroxylation is 1. The van der Waals surface area contributed by atoms with Gasteiger partial charge in [-0.25, -0.2) is 0 Å². The van der Waals surface area contributed by atoms with Crippen molar-refractivity contribution in [3.63, 3.8) is 0 Å². The first-order valence-corrected chi connectivity index (χ1v) is 5.85. The van der Waals surface area contributed by atoms with Crippen molar-refractivity contribution in [1.82, 2.24) is 4.98 Å². The van der Waals surface area contributed by atoms with Crippen molar-refractivity contribution in [2.75, 3.05) is 5.73 Å². The molecule has 0 radical (unpaired) electrons. The number of aromatic nitrogens is 1. The molecule has 0 unspecified atom stereocenters. The van der Waals surface area contributed by atoms with E-state index in [0.29, 0.717) is 21.5 Å². The molecule has 2 N–H and O–H groups in total. The number of nitrogens with zero attached hydrogens (tertiary/aromatic N) is 1. The van der Waals surface area contributed by atoms with Gasteiger partial charge in [-0.05, 0) is 0 Å². The van der Waals surface area contributed by atoms with Gasteiger partial charge in [-0.2, -0.15) is 0 Å². The molecule has 1 aromatic carbocycles. The van der Waals surface area contributed by atoms with Gasteiger partial charge in [0.25, 0.3) is 0 Å². The Balaban J connectivity index is 2.76. The quantitative estimate of drug-likeness (QED) is 0.797. The molecule has 16 heavy (non-hydrogen) atoms. The third-order valence-corrected chi connectivity index (χ3v) is 3.01. The van der Waals surface area contributed by atoms with Gasteiger partial charge in [-0.1, -0.05) is 0 Å². The van der Waals surface area contributed by atoms with Gasteiger partial charge in [0, 0.05) is 0 Å². The minimum atomic E-state index is -0.383. The second-order valence-electron chi connectivity index (χ2n) is 3.02. The topological polar surface area (TPSA) is 65.2 Å². The van der Waals surface area contributed by atoms with Gasteiger partial charge in [0.1, 0.15) is 0 Å². The Hall–Kier alpha value is -1.35. The summed E-state index contributed by atoms with van der Waals surface area (Å²) in [7, 11) is -0.383. The van der Waals surface area contributed by atoms with Gasteiger partial charge in [0.05, 0.1) is 0 Å². The molecule has 7 heteroatoms. The predicted octanol–water partition coefficient (Wildman–Crippen LogP) is 2.91. The van der Waals surface area contributed by atoms with Crippen LogP contribution in [0.2, 0.25) is 0 Å². The maximum atomic E-state index is 13.7. The summed E-state index contributed by atoms with van der Waals surface area (Å²) in [5, 5.41) is 0.254. The molecule has 4 nitrogen and oxygen atoms in total. The van der Waals surface area contributed by atoms with E-state index in [1.807, 2.05) is 0 Å². The van der Waals surface area contributed by atoms with Crippen LogP contribution in [0.1, 0.15) is 5.56 Å². The minimum absolute atomic E-state index is 0.254. The second-order valence-corrected chi connectivity index (χ2v) is 4.42. The van der Waals surface area contributed by atoms with Gasteiger partial charge in [0.15, 0.2) is 0 Å². The first kappa shape index (κ1) is 11.1. The average Bonchev–Trinajstić information content (AvgIpc) is 2.64. The fourth-order valence-corrected chi connectivity index (χ4v) is 2.28. The van der Waals surface area contributed by atoms with Crippen molar-refractivity contribution < 1.29 is 13.7 Å². The van der Waals surface area contributed by atoms with Gasteiger partial charge >= 0.3 is 94.9 Å². The summed E-state index contributed by atoms with van der Waals surface area (Å²) >= 11 is 1.04. The van der Waals surface area contributed by atoms with E-state index >= 15 is 0 Å². The van der Waals surface area contributed by atoms with Crippen molar-refractivity contribution in [3.05, 3.63) is 17.4 Å². The summed E-state index contributed by atoms with van der Waals surface area (Å²) in [4.78, 5) is 3.95. The van der Waals surface area contributed by atoms with E-state index < -0.39 is 0 Å². The number of nitrogen functional groups attached to an aromatic ring is 1. The molecule has 0 aliphatic heterocycles. The molecule has 0 amide bonds. The van der Waals surface area contributed by atoms with Crippen LogP contribution in [0.15, 0.2) is 6.07 Å². The third-order valence-electron chi connectivity index (χ3n) is 1.96. The van der Waals surface area contributed by atoms with Crippen LogP contribution < -0.4 is 10.5 Å². The molecule has 2 rings (SSSR count). The SMILES string of the molecule is Cc1cc(OC#P=O)c2nc(N)sc2c1F. The van der Waals surface area contributed by atoms with Crippen LogP contribution in [0, 0.1) is 18.6 Å². The van der Waals surface area contributed by atoms with Gasteiger partial charge < -0.3 is 0 Å². The molecule has 0 aliphatic carbocycles. The molecule has 0 bridgehead atoms. The standard InChI is InChI=1S/C9H6FN2O2PS/c1-4-2-5(14-3-15-13)7-8(6(4)10)16-9(11)12-7/h2H,1H3,(H2,11,12). The Labute approximate surface area is 95.4 Å². The van der Waals surface area contributed by atoms with E-state index in [9.17, 15) is 8.96 Å². The van der Waals surface area contributed by atoms with Crippen molar-refractivity contribution in [1.29, 1.82) is 0 Å². The number of anilines is 1. The average molecular weight is 256 g/mol. The van der Waals surface area contributed by atoms with Crippen LogP contribution in [-0.2, 0) is 4.57 Å². The molecule has 1 aromatic heterocycles.